The second-order valence-electron chi connectivity index (χ2n) is 3.93. The van der Waals surface area contributed by atoms with Crippen molar-refractivity contribution in [3.8, 4) is 0 Å². The molecule has 2 aromatic rings. The maximum Gasteiger partial charge on any atom is 0.226 e. The molecule has 5 heteroatoms. The number of nitrogens with zero attached hydrogens (tertiary/aromatic N) is 4. The summed E-state index contributed by atoms with van der Waals surface area (Å²) in [6, 6.07) is 7.59. The van der Waals surface area contributed by atoms with Gasteiger partial charge in [0.25, 0.3) is 0 Å². The van der Waals surface area contributed by atoms with Gasteiger partial charge in [-0.15, -0.1) is 0 Å². The summed E-state index contributed by atoms with van der Waals surface area (Å²) in [7, 11) is 3.83. The van der Waals surface area contributed by atoms with Crippen molar-refractivity contribution in [2.24, 2.45) is 0 Å². The lowest BCUT2D eigenvalue weighted by Crippen LogP contribution is -2.14. The van der Waals surface area contributed by atoms with E-state index in [9.17, 15) is 0 Å². The number of aromatic nitrogens is 3. The van der Waals surface area contributed by atoms with Crippen molar-refractivity contribution in [2.45, 2.75) is 6.92 Å². The highest BCUT2D eigenvalue weighted by Crippen LogP contribution is 2.15. The molecule has 0 fully saturated rings. The van der Waals surface area contributed by atoms with Crippen LogP contribution in [0.3, 0.4) is 0 Å². The largest absolute Gasteiger partial charge is 0.347 e. The normalized spacial score (nSPS) is 10.1. The molecular formula is C12H15N5. The molecule has 0 atom stereocenters. The van der Waals surface area contributed by atoms with Crippen LogP contribution in [0.1, 0.15) is 5.69 Å². The van der Waals surface area contributed by atoms with Crippen LogP contribution in [-0.2, 0) is 0 Å². The topological polar surface area (TPSA) is 53.9 Å². The van der Waals surface area contributed by atoms with Gasteiger partial charge in [0.1, 0.15) is 11.6 Å². The molecule has 0 aliphatic rings. The zero-order valence-corrected chi connectivity index (χ0v) is 10.2. The fourth-order valence-corrected chi connectivity index (χ4v) is 1.38. The fourth-order valence-electron chi connectivity index (χ4n) is 1.38. The lowest BCUT2D eigenvalue weighted by molar-refractivity contribution is 0.979. The minimum absolute atomic E-state index is 0.684. The Kier molecular flexibility index (Phi) is 3.18. The summed E-state index contributed by atoms with van der Waals surface area (Å²) in [5.74, 6) is 2.21. The quantitative estimate of drug-likeness (QED) is 0.872. The lowest BCUT2D eigenvalue weighted by Gasteiger charge is -2.12. The van der Waals surface area contributed by atoms with Gasteiger partial charge in [-0.1, -0.05) is 6.07 Å². The van der Waals surface area contributed by atoms with Crippen LogP contribution in [0.5, 0.6) is 0 Å². The van der Waals surface area contributed by atoms with Crippen molar-refractivity contribution in [1.29, 1.82) is 0 Å². The number of hydrogen-bond acceptors (Lipinski definition) is 5. The van der Waals surface area contributed by atoms with E-state index in [1.54, 1.807) is 6.20 Å². The summed E-state index contributed by atoms with van der Waals surface area (Å²) in [4.78, 5) is 14.8. The molecule has 0 aromatic carbocycles. The molecule has 2 aromatic heterocycles. The van der Waals surface area contributed by atoms with Gasteiger partial charge in [0, 0.05) is 32.1 Å². The van der Waals surface area contributed by atoms with Crippen molar-refractivity contribution in [1.82, 2.24) is 15.0 Å². The van der Waals surface area contributed by atoms with E-state index in [-0.39, 0.29) is 0 Å². The summed E-state index contributed by atoms with van der Waals surface area (Å²) in [6.45, 7) is 1.94. The van der Waals surface area contributed by atoms with E-state index < -0.39 is 0 Å². The van der Waals surface area contributed by atoms with Crippen LogP contribution < -0.4 is 10.2 Å². The van der Waals surface area contributed by atoms with E-state index in [2.05, 4.69) is 20.3 Å². The van der Waals surface area contributed by atoms with Crippen LogP contribution >= 0.6 is 0 Å². The van der Waals surface area contributed by atoms with E-state index in [1.807, 2.05) is 50.2 Å². The zero-order chi connectivity index (χ0) is 12.3. The summed E-state index contributed by atoms with van der Waals surface area (Å²) < 4.78 is 0. The minimum Gasteiger partial charge on any atom is -0.347 e. The first-order valence-corrected chi connectivity index (χ1v) is 5.36. The lowest BCUT2D eigenvalue weighted by atomic mass is 10.4. The summed E-state index contributed by atoms with van der Waals surface area (Å²) in [5, 5.41) is 3.15. The number of pyridine rings is 1. The zero-order valence-electron chi connectivity index (χ0n) is 10.2. The Morgan fingerprint density at radius 1 is 1.12 bits per heavy atom. The van der Waals surface area contributed by atoms with Gasteiger partial charge >= 0.3 is 0 Å². The highest BCUT2D eigenvalue weighted by molar-refractivity contribution is 5.53. The van der Waals surface area contributed by atoms with Crippen molar-refractivity contribution < 1.29 is 0 Å². The first-order chi connectivity index (χ1) is 8.15. The molecule has 1 N–H and O–H groups in total. The third-order valence-electron chi connectivity index (χ3n) is 2.16. The highest BCUT2D eigenvalue weighted by Gasteiger charge is 2.04. The van der Waals surface area contributed by atoms with Gasteiger partial charge in [-0.05, 0) is 19.1 Å². The van der Waals surface area contributed by atoms with Crippen molar-refractivity contribution >= 4 is 17.6 Å². The van der Waals surface area contributed by atoms with Gasteiger partial charge in [0.15, 0.2) is 0 Å². The molecule has 5 nitrogen and oxygen atoms in total. The Morgan fingerprint density at radius 2 is 1.94 bits per heavy atom. The smallest absolute Gasteiger partial charge is 0.226 e. The number of rotatable bonds is 3. The summed E-state index contributed by atoms with van der Waals surface area (Å²) >= 11 is 0. The SMILES string of the molecule is Cc1cc(Nc2ccccn2)nc(N(C)C)n1. The molecule has 0 radical (unpaired) electrons. The molecule has 2 heterocycles. The molecule has 0 aliphatic carbocycles. The predicted octanol–water partition coefficient (Wildman–Crippen LogP) is 1.99. The van der Waals surface area contributed by atoms with Gasteiger partial charge in [0.2, 0.25) is 5.95 Å². The van der Waals surface area contributed by atoms with Crippen LogP contribution in [0, 0.1) is 6.92 Å². The molecule has 0 bridgehead atoms. The van der Waals surface area contributed by atoms with E-state index in [0.717, 1.165) is 17.3 Å². The first-order valence-electron chi connectivity index (χ1n) is 5.36. The second kappa shape index (κ2) is 4.78. The van der Waals surface area contributed by atoms with E-state index >= 15 is 0 Å². The summed E-state index contributed by atoms with van der Waals surface area (Å²) in [6.07, 6.45) is 1.74. The molecular weight excluding hydrogens is 214 g/mol. The molecule has 0 unspecified atom stereocenters. The number of hydrogen-bond donors (Lipinski definition) is 1. The van der Waals surface area contributed by atoms with Crippen molar-refractivity contribution in [3.63, 3.8) is 0 Å². The molecule has 0 aliphatic heterocycles. The minimum atomic E-state index is 0.684. The average molecular weight is 229 g/mol. The third-order valence-corrected chi connectivity index (χ3v) is 2.16. The Hall–Kier alpha value is -2.17. The summed E-state index contributed by atoms with van der Waals surface area (Å²) in [5.41, 5.74) is 0.919. The van der Waals surface area contributed by atoms with Crippen LogP contribution in [-0.4, -0.2) is 29.0 Å². The van der Waals surface area contributed by atoms with Crippen molar-refractivity contribution in [2.75, 3.05) is 24.3 Å². The van der Waals surface area contributed by atoms with Crippen molar-refractivity contribution in [3.05, 3.63) is 36.2 Å². The van der Waals surface area contributed by atoms with Gasteiger partial charge in [-0.3, -0.25) is 0 Å². The molecule has 0 saturated carbocycles. The van der Waals surface area contributed by atoms with E-state index in [4.69, 9.17) is 0 Å². The first kappa shape index (κ1) is 11.3. The fraction of sp³-hybridized carbons (Fsp3) is 0.250. The molecule has 0 saturated heterocycles. The van der Waals surface area contributed by atoms with Crippen LogP contribution in [0.25, 0.3) is 0 Å². The third kappa shape index (κ3) is 2.90. The predicted molar refractivity (Wildman–Crippen MR) is 68.6 cm³/mol. The van der Waals surface area contributed by atoms with Gasteiger partial charge in [0.05, 0.1) is 0 Å². The Labute approximate surface area is 101 Å². The molecule has 0 spiro atoms. The Morgan fingerprint density at radius 3 is 2.59 bits per heavy atom. The molecule has 88 valence electrons. The van der Waals surface area contributed by atoms with Crippen LogP contribution in [0.4, 0.5) is 17.6 Å². The number of anilines is 3. The van der Waals surface area contributed by atoms with E-state index in [0.29, 0.717) is 5.95 Å². The Bertz CT molecular complexity index is 496. The molecule has 2 rings (SSSR count). The Balaban J connectivity index is 2.27. The maximum atomic E-state index is 4.39. The number of nitrogens with one attached hydrogen (secondary N) is 1. The van der Waals surface area contributed by atoms with E-state index in [1.165, 1.54) is 0 Å². The average Bonchev–Trinajstić information content (AvgIpc) is 2.29. The maximum absolute atomic E-state index is 4.39. The van der Waals surface area contributed by atoms with Gasteiger partial charge < -0.3 is 10.2 Å². The van der Waals surface area contributed by atoms with Gasteiger partial charge in [-0.2, -0.15) is 4.98 Å². The second-order valence-corrected chi connectivity index (χ2v) is 3.93. The standard InChI is InChI=1S/C12H15N5/c1-9-8-11(16-12(14-9)17(2)3)15-10-6-4-5-7-13-10/h4-8H,1-3H3,(H,13,14,15,16). The van der Waals surface area contributed by atoms with Crippen LogP contribution in [0.2, 0.25) is 0 Å². The molecule has 17 heavy (non-hydrogen) atoms. The monoisotopic (exact) mass is 229 g/mol. The van der Waals surface area contributed by atoms with Crippen LogP contribution in [0.15, 0.2) is 30.5 Å². The number of aryl methyl sites for hydroxylation is 1. The molecule has 0 amide bonds. The highest BCUT2D eigenvalue weighted by atomic mass is 15.2. The van der Waals surface area contributed by atoms with Gasteiger partial charge in [-0.25, -0.2) is 9.97 Å².